The van der Waals surface area contributed by atoms with Crippen molar-refractivity contribution >= 4 is 70.5 Å². The summed E-state index contributed by atoms with van der Waals surface area (Å²) in [6.07, 6.45) is 6.33. The molecule has 51 heavy (non-hydrogen) atoms. The lowest BCUT2D eigenvalue weighted by Gasteiger charge is -2.26. The van der Waals surface area contributed by atoms with Gasteiger partial charge >= 0.3 is 17.5 Å². The van der Waals surface area contributed by atoms with Gasteiger partial charge in [-0.3, -0.25) is 9.59 Å². The first-order chi connectivity index (χ1) is 24.8. The minimum atomic E-state index is -1.30. The highest BCUT2D eigenvalue weighted by atomic mass is 16.5. The van der Waals surface area contributed by atoms with Crippen molar-refractivity contribution in [2.75, 3.05) is 22.9 Å². The van der Waals surface area contributed by atoms with E-state index in [1.807, 2.05) is 83.8 Å². The number of carbonyl (C=O) groups is 2. The number of carbonyl (C=O) groups excluding carboxylic acids is 1. The van der Waals surface area contributed by atoms with Gasteiger partial charge in [0, 0.05) is 47.3 Å². The molecule has 10 heteroatoms. The normalized spacial score (nSPS) is 11.5. The van der Waals surface area contributed by atoms with Crippen molar-refractivity contribution in [3.8, 4) is 0 Å². The van der Waals surface area contributed by atoms with Gasteiger partial charge in [-0.1, -0.05) is 42.5 Å². The molecule has 0 amide bonds. The van der Waals surface area contributed by atoms with E-state index in [0.29, 0.717) is 22.3 Å². The largest absolute Gasteiger partial charge is 0.486 e. The van der Waals surface area contributed by atoms with Crippen LogP contribution in [0.1, 0.15) is 36.1 Å². The lowest BCUT2D eigenvalue weighted by Crippen LogP contribution is -2.21. The number of ether oxygens (including phenoxy) is 1. The van der Waals surface area contributed by atoms with Crippen LogP contribution in [0.2, 0.25) is 0 Å². The maximum Gasteiger partial charge on any atom is 0.348 e. The quantitative estimate of drug-likeness (QED) is 0.0433. The van der Waals surface area contributed by atoms with Gasteiger partial charge in [-0.05, 0) is 103 Å². The number of hydrogen-bond acceptors (Lipinski definition) is 7. The molecule has 0 fully saturated rings. The second kappa shape index (κ2) is 16.3. The van der Waals surface area contributed by atoms with Crippen molar-refractivity contribution in [2.24, 2.45) is 0 Å². The topological polar surface area (TPSA) is 109 Å². The summed E-state index contributed by atoms with van der Waals surface area (Å²) in [5.41, 5.74) is 5.51. The Morgan fingerprint density at radius 3 is 1.82 bits per heavy atom. The highest BCUT2D eigenvalue weighted by Crippen LogP contribution is 2.35. The second-order valence-corrected chi connectivity index (χ2v) is 11.1. The predicted molar refractivity (Wildman–Crippen MR) is 200 cm³/mol. The number of hydrogen-bond donors (Lipinski definition) is 1. The molecule has 0 atom stereocenters. The summed E-state index contributed by atoms with van der Waals surface area (Å²) in [4.78, 5) is 45.4. The van der Waals surface area contributed by atoms with E-state index >= 15 is 0 Å². The summed E-state index contributed by atoms with van der Waals surface area (Å²) in [5, 5.41) is 10.1. The lowest BCUT2D eigenvalue weighted by atomic mass is 10.1. The van der Waals surface area contributed by atoms with Crippen molar-refractivity contribution in [1.82, 2.24) is 0 Å². The smallest absolute Gasteiger partial charge is 0.348 e. The molecule has 1 heterocycles. The zero-order valence-electron chi connectivity index (χ0n) is 27.8. The van der Waals surface area contributed by atoms with E-state index in [0.717, 1.165) is 46.8 Å². The van der Waals surface area contributed by atoms with Crippen molar-refractivity contribution in [1.29, 1.82) is 0 Å². The Labute approximate surface area is 294 Å². The molecule has 0 saturated carbocycles. The molecule has 0 spiro atoms. The average molecular weight is 677 g/mol. The SMILES string of the molecule is [C-]#[N+]C(=Cc1ccc(N(c2ccc(C=Cc3cc4ccc(N(CC)CC)cc4oc3=O)cc2)c2ccc(C=C([N+]#[C-])C(=O)O)cc2)cc1)OC=O. The molecule has 1 aromatic heterocycles. The van der Waals surface area contributed by atoms with Gasteiger partial charge < -0.3 is 24.1 Å². The maximum atomic E-state index is 12.9. The van der Waals surface area contributed by atoms with E-state index in [-0.39, 0.29) is 12.4 Å². The standard InChI is InChI=1S/C41H32N4O6/c1-5-44(6-2)36-22-15-31-25-32(41(49)51-38(31)26-36)14-7-28-8-16-33(17-9-28)45(34-18-10-29(11-19-34)23-37(42-3)40(47)48)35-20-12-30(13-21-35)24-39(43-4)50-27-46/h7-27H,5-6H2,1-2H3,(H,47,48). The summed E-state index contributed by atoms with van der Waals surface area (Å²) >= 11 is 0. The molecule has 4 aromatic carbocycles. The molecule has 5 aromatic rings. The van der Waals surface area contributed by atoms with Crippen LogP contribution in [-0.4, -0.2) is 30.6 Å². The number of fused-ring (bicyclic) bond motifs is 1. The Morgan fingerprint density at radius 2 is 1.31 bits per heavy atom. The van der Waals surface area contributed by atoms with E-state index in [1.165, 1.54) is 12.2 Å². The molecule has 0 saturated heterocycles. The van der Waals surface area contributed by atoms with E-state index in [9.17, 15) is 19.5 Å². The van der Waals surface area contributed by atoms with E-state index in [4.69, 9.17) is 22.3 Å². The Morgan fingerprint density at radius 1 is 0.765 bits per heavy atom. The summed E-state index contributed by atoms with van der Waals surface area (Å²) in [7, 11) is 0. The van der Waals surface area contributed by atoms with Crippen molar-refractivity contribution < 1.29 is 23.8 Å². The predicted octanol–water partition coefficient (Wildman–Crippen LogP) is 9.01. The molecule has 0 bridgehead atoms. The molecule has 10 nitrogen and oxygen atoms in total. The van der Waals surface area contributed by atoms with Gasteiger partial charge in [0.2, 0.25) is 0 Å². The van der Waals surface area contributed by atoms with Crippen molar-refractivity contribution in [3.63, 3.8) is 0 Å². The zero-order chi connectivity index (χ0) is 36.3. The van der Waals surface area contributed by atoms with Gasteiger partial charge in [-0.15, -0.1) is 0 Å². The molecule has 0 aliphatic heterocycles. The molecule has 0 aliphatic carbocycles. The number of nitrogens with zero attached hydrogens (tertiary/aromatic N) is 4. The molecule has 252 valence electrons. The van der Waals surface area contributed by atoms with Gasteiger partial charge in [-0.2, -0.15) is 4.85 Å². The molecule has 0 unspecified atom stereocenters. The highest BCUT2D eigenvalue weighted by Gasteiger charge is 2.14. The zero-order valence-corrected chi connectivity index (χ0v) is 27.8. The lowest BCUT2D eigenvalue weighted by molar-refractivity contribution is -0.132. The molecule has 0 aliphatic rings. The number of rotatable bonds is 13. The Kier molecular flexibility index (Phi) is 11.2. The molecule has 0 radical (unpaired) electrons. The van der Waals surface area contributed by atoms with Gasteiger partial charge in [0.15, 0.2) is 0 Å². The fourth-order valence-corrected chi connectivity index (χ4v) is 5.41. The van der Waals surface area contributed by atoms with Crippen LogP contribution >= 0.6 is 0 Å². The van der Waals surface area contributed by atoms with Crippen LogP contribution in [0.4, 0.5) is 22.7 Å². The number of anilines is 4. The van der Waals surface area contributed by atoms with Crippen LogP contribution in [0.3, 0.4) is 0 Å². The molecule has 1 N–H and O–H groups in total. The maximum absolute atomic E-state index is 12.9. The number of carboxylic acids is 1. The number of carboxylic acid groups (broad SMARTS) is 1. The fraction of sp³-hybridized carbons (Fsp3) is 0.0976. The summed E-state index contributed by atoms with van der Waals surface area (Å²) < 4.78 is 10.4. The van der Waals surface area contributed by atoms with Crippen LogP contribution in [0.5, 0.6) is 0 Å². The van der Waals surface area contributed by atoms with E-state index < -0.39 is 17.3 Å². The highest BCUT2D eigenvalue weighted by molar-refractivity contribution is 5.94. The van der Waals surface area contributed by atoms with Gasteiger partial charge in [0.1, 0.15) is 5.58 Å². The summed E-state index contributed by atoms with van der Waals surface area (Å²) in [5.74, 6) is -1.46. The third-order valence-electron chi connectivity index (χ3n) is 8.00. The van der Waals surface area contributed by atoms with Crippen LogP contribution in [0.15, 0.2) is 118 Å². The minimum Gasteiger partial charge on any atom is -0.486 e. The Hall–Kier alpha value is -7.17. The third kappa shape index (κ3) is 8.47. The third-order valence-corrected chi connectivity index (χ3v) is 8.00. The van der Waals surface area contributed by atoms with E-state index in [2.05, 4.69) is 28.4 Å². The first kappa shape index (κ1) is 35.1. The van der Waals surface area contributed by atoms with Crippen LogP contribution in [-0.2, 0) is 14.3 Å². The first-order valence-corrected chi connectivity index (χ1v) is 15.9. The number of aliphatic carboxylic acids is 1. The first-order valence-electron chi connectivity index (χ1n) is 15.9. The summed E-state index contributed by atoms with van der Waals surface area (Å²) in [6, 6.07) is 29.7. The Bertz CT molecular complexity index is 2290. The monoisotopic (exact) mass is 676 g/mol. The van der Waals surface area contributed by atoms with Gasteiger partial charge in [0.25, 0.3) is 12.2 Å². The minimum absolute atomic E-state index is 0.159. The van der Waals surface area contributed by atoms with E-state index in [1.54, 1.807) is 30.3 Å². The van der Waals surface area contributed by atoms with Gasteiger partial charge in [-0.25, -0.2) is 9.64 Å². The van der Waals surface area contributed by atoms with Crippen molar-refractivity contribution in [3.05, 3.63) is 164 Å². The van der Waals surface area contributed by atoms with Gasteiger partial charge in [0.05, 0.1) is 18.7 Å². The average Bonchev–Trinajstić information content (AvgIpc) is 3.15. The fourth-order valence-electron chi connectivity index (χ4n) is 5.41. The molecular formula is C41H32N4O6. The summed E-state index contributed by atoms with van der Waals surface area (Å²) in [6.45, 7) is 20.4. The number of benzene rings is 4. The molecule has 5 rings (SSSR count). The van der Waals surface area contributed by atoms with Crippen LogP contribution in [0.25, 0.3) is 45.0 Å². The Balaban J connectivity index is 1.46. The van der Waals surface area contributed by atoms with Crippen molar-refractivity contribution in [2.45, 2.75) is 13.8 Å². The van der Waals surface area contributed by atoms with Crippen LogP contribution < -0.4 is 15.4 Å². The molecular weight excluding hydrogens is 644 g/mol. The van der Waals surface area contributed by atoms with Crippen LogP contribution in [0, 0.1) is 13.1 Å². The second-order valence-electron chi connectivity index (χ2n) is 11.1.